The van der Waals surface area contributed by atoms with Crippen LogP contribution in [0.5, 0.6) is 0 Å². The van der Waals surface area contributed by atoms with Gasteiger partial charge in [0, 0.05) is 0 Å². The lowest BCUT2D eigenvalue weighted by Crippen LogP contribution is -2.37. The minimum atomic E-state index is -0.744. The normalized spacial score (nSPS) is 37.9. The molecule has 1 rings (SSSR count). The van der Waals surface area contributed by atoms with Gasteiger partial charge in [-0.3, -0.25) is 0 Å². The molecule has 0 unspecified atom stereocenters. The van der Waals surface area contributed by atoms with Gasteiger partial charge < -0.3 is 10.2 Å². The van der Waals surface area contributed by atoms with Gasteiger partial charge in [0.1, 0.15) is 0 Å². The maximum atomic E-state index is 9.55. The summed E-state index contributed by atoms with van der Waals surface area (Å²) in [5, 5.41) is 18.3. The van der Waals surface area contributed by atoms with Crippen LogP contribution in [0.25, 0.3) is 0 Å². The summed E-state index contributed by atoms with van der Waals surface area (Å²) in [6, 6.07) is 0. The van der Waals surface area contributed by atoms with Crippen LogP contribution in [-0.2, 0) is 0 Å². The molecule has 0 spiro atoms. The molecular weight excluding hydrogens is 164 g/mol. The molecule has 1 aliphatic carbocycles. The largest absolute Gasteiger partial charge is 0.393 e. The number of rotatable bonds is 1. The predicted octanol–water partition coefficient (Wildman–Crippen LogP) is 1.34. The number of aliphatic hydroxyl groups excluding tert-OH is 1. The maximum absolute atomic E-state index is 9.55. The van der Waals surface area contributed by atoms with E-state index in [-0.39, 0.29) is 19.0 Å². The smallest absolute Gasteiger partial charge is 0.0877 e. The molecule has 0 atom stereocenters. The summed E-state index contributed by atoms with van der Waals surface area (Å²) in [4.78, 5) is 0. The van der Waals surface area contributed by atoms with Gasteiger partial charge in [0.25, 0.3) is 0 Å². The van der Waals surface area contributed by atoms with Crippen LogP contribution in [0.1, 0.15) is 32.6 Å². The van der Waals surface area contributed by atoms with Gasteiger partial charge in [-0.2, -0.15) is 0 Å². The molecule has 0 saturated heterocycles. The fraction of sp³-hybridized carbons (Fsp3) is 1.00. The van der Waals surface area contributed by atoms with Gasteiger partial charge in [-0.05, 0) is 31.6 Å². The van der Waals surface area contributed by atoms with Crippen molar-refractivity contribution in [3.63, 3.8) is 0 Å². The zero-order valence-electron chi connectivity index (χ0n) is 6.92. The van der Waals surface area contributed by atoms with Crippen molar-refractivity contribution in [2.24, 2.45) is 5.92 Å². The Bertz CT molecular complexity index is 109. The molecule has 2 nitrogen and oxygen atoms in total. The highest BCUT2D eigenvalue weighted by atomic mass is 35.5. The number of hydrogen-bond acceptors (Lipinski definition) is 2. The van der Waals surface area contributed by atoms with Crippen molar-refractivity contribution in [1.82, 2.24) is 0 Å². The summed E-state index contributed by atoms with van der Waals surface area (Å²) in [5.74, 6) is 0.729. The summed E-state index contributed by atoms with van der Waals surface area (Å²) in [6.45, 7) is 2.12. The highest BCUT2D eigenvalue weighted by Gasteiger charge is 2.30. The first-order valence-corrected chi connectivity index (χ1v) is 3.99. The van der Waals surface area contributed by atoms with Crippen LogP contribution in [-0.4, -0.2) is 22.4 Å². The summed E-state index contributed by atoms with van der Waals surface area (Å²) in [7, 11) is 0. The number of aliphatic hydroxyl groups is 2. The standard InChI is InChI=1S/C8H16O2.ClH/c1-7-2-4-8(10,6-9)5-3-7;/h7,9-10H,2-6H2,1H3;1H. The minimum Gasteiger partial charge on any atom is -0.393 e. The molecule has 1 aliphatic rings. The van der Waals surface area contributed by atoms with E-state index in [4.69, 9.17) is 5.11 Å². The molecule has 0 radical (unpaired) electrons. The van der Waals surface area contributed by atoms with Gasteiger partial charge in [0.15, 0.2) is 0 Å². The molecule has 2 N–H and O–H groups in total. The second-order valence-corrected chi connectivity index (χ2v) is 3.56. The van der Waals surface area contributed by atoms with Crippen LogP contribution in [0.2, 0.25) is 0 Å². The molecule has 0 aromatic carbocycles. The van der Waals surface area contributed by atoms with Crippen molar-refractivity contribution in [3.05, 3.63) is 0 Å². The Kier molecular flexibility index (Phi) is 4.37. The molecule has 3 heteroatoms. The summed E-state index contributed by atoms with van der Waals surface area (Å²) in [6.07, 6.45) is 3.64. The van der Waals surface area contributed by atoms with Crippen LogP contribution < -0.4 is 0 Å². The number of hydrogen-bond donors (Lipinski definition) is 2. The second kappa shape index (κ2) is 4.29. The summed E-state index contributed by atoms with van der Waals surface area (Å²) in [5.41, 5.74) is -0.744. The quantitative estimate of drug-likeness (QED) is 0.640. The van der Waals surface area contributed by atoms with E-state index in [1.54, 1.807) is 0 Å². The molecule has 1 fully saturated rings. The van der Waals surface area contributed by atoms with E-state index in [1.165, 1.54) is 0 Å². The third-order valence-corrected chi connectivity index (χ3v) is 2.50. The van der Waals surface area contributed by atoms with Gasteiger partial charge in [-0.15, -0.1) is 12.4 Å². The van der Waals surface area contributed by atoms with Crippen LogP contribution in [0.15, 0.2) is 0 Å². The van der Waals surface area contributed by atoms with Gasteiger partial charge in [0.2, 0.25) is 0 Å². The zero-order valence-corrected chi connectivity index (χ0v) is 7.73. The van der Waals surface area contributed by atoms with Crippen LogP contribution in [0.4, 0.5) is 0 Å². The molecule has 1 saturated carbocycles. The van der Waals surface area contributed by atoms with E-state index in [0.29, 0.717) is 0 Å². The van der Waals surface area contributed by atoms with Crippen molar-refractivity contribution < 1.29 is 10.2 Å². The molecule has 0 heterocycles. The summed E-state index contributed by atoms with van der Waals surface area (Å²) >= 11 is 0. The third-order valence-electron chi connectivity index (χ3n) is 2.50. The average molecular weight is 181 g/mol. The van der Waals surface area contributed by atoms with E-state index in [0.717, 1.165) is 31.6 Å². The monoisotopic (exact) mass is 180 g/mol. The van der Waals surface area contributed by atoms with Crippen molar-refractivity contribution >= 4 is 12.4 Å². The average Bonchev–Trinajstić information content (AvgIpc) is 1.96. The van der Waals surface area contributed by atoms with E-state index < -0.39 is 5.60 Å². The maximum Gasteiger partial charge on any atom is 0.0877 e. The molecule has 0 aromatic heterocycles. The van der Waals surface area contributed by atoms with Crippen molar-refractivity contribution in [1.29, 1.82) is 0 Å². The Morgan fingerprint density at radius 1 is 1.36 bits per heavy atom. The molecule has 0 bridgehead atoms. The Labute approximate surface area is 74.0 Å². The Morgan fingerprint density at radius 2 is 1.82 bits per heavy atom. The number of halogens is 1. The molecule has 0 amide bonds. The van der Waals surface area contributed by atoms with E-state index in [9.17, 15) is 5.11 Å². The molecule has 11 heavy (non-hydrogen) atoms. The first-order chi connectivity index (χ1) is 4.66. The molecular formula is C8H17ClO2. The lowest BCUT2D eigenvalue weighted by molar-refractivity contribution is -0.0501. The van der Waals surface area contributed by atoms with E-state index >= 15 is 0 Å². The van der Waals surface area contributed by atoms with Crippen molar-refractivity contribution in [2.75, 3.05) is 6.61 Å². The lowest BCUT2D eigenvalue weighted by Gasteiger charge is -2.32. The Hall–Kier alpha value is 0.210. The molecule has 0 aliphatic heterocycles. The van der Waals surface area contributed by atoms with Gasteiger partial charge >= 0.3 is 0 Å². The first kappa shape index (κ1) is 11.2. The highest BCUT2D eigenvalue weighted by molar-refractivity contribution is 5.85. The van der Waals surface area contributed by atoms with Gasteiger partial charge in [-0.25, -0.2) is 0 Å². The highest BCUT2D eigenvalue weighted by Crippen LogP contribution is 2.30. The van der Waals surface area contributed by atoms with Gasteiger partial charge in [0.05, 0.1) is 12.2 Å². The topological polar surface area (TPSA) is 40.5 Å². The minimum absolute atomic E-state index is 0. The van der Waals surface area contributed by atoms with Crippen LogP contribution in [0.3, 0.4) is 0 Å². The SMILES string of the molecule is CC1CCC(O)(CO)CC1.Cl. The van der Waals surface area contributed by atoms with Crippen molar-refractivity contribution in [2.45, 2.75) is 38.2 Å². The second-order valence-electron chi connectivity index (χ2n) is 3.56. The van der Waals surface area contributed by atoms with Crippen LogP contribution >= 0.6 is 12.4 Å². The molecule has 68 valence electrons. The predicted molar refractivity (Wildman–Crippen MR) is 46.9 cm³/mol. The third kappa shape index (κ3) is 2.97. The summed E-state index contributed by atoms with van der Waals surface area (Å²) < 4.78 is 0. The Morgan fingerprint density at radius 3 is 2.18 bits per heavy atom. The fourth-order valence-corrected chi connectivity index (χ4v) is 1.46. The zero-order chi connectivity index (χ0) is 7.61. The Balaban J connectivity index is 0.000001000. The fourth-order valence-electron chi connectivity index (χ4n) is 1.46. The van der Waals surface area contributed by atoms with E-state index in [1.807, 2.05) is 0 Å². The lowest BCUT2D eigenvalue weighted by atomic mass is 9.80. The van der Waals surface area contributed by atoms with Crippen LogP contribution in [0, 0.1) is 5.92 Å². The molecule has 0 aromatic rings. The van der Waals surface area contributed by atoms with Gasteiger partial charge in [-0.1, -0.05) is 6.92 Å². The first-order valence-electron chi connectivity index (χ1n) is 3.99. The van der Waals surface area contributed by atoms with Crippen molar-refractivity contribution in [3.8, 4) is 0 Å². The van der Waals surface area contributed by atoms with E-state index in [2.05, 4.69) is 6.92 Å².